The highest BCUT2D eigenvalue weighted by Crippen LogP contribution is 2.35. The number of carbonyl (C=O) groups excluding carboxylic acids is 2. The number of halogens is 3. The van der Waals surface area contributed by atoms with Gasteiger partial charge < -0.3 is 9.47 Å². The molecule has 4 nitrogen and oxygen atoms in total. The zero-order valence-corrected chi connectivity index (χ0v) is 16.8. The van der Waals surface area contributed by atoms with Gasteiger partial charge in [0.2, 0.25) is 0 Å². The standard InChI is InChI=1S/C22H27F3O4/c1-3-4-10-18(26)19(20(21(27)28-2)22(23,24)25)15-11-13-17(14-12-15)29-16-8-6-5-7-9-16/h11-14,16H,3-10H2,1-2H3. The summed E-state index contributed by atoms with van der Waals surface area (Å²) >= 11 is 0. The van der Waals surface area contributed by atoms with Crippen molar-refractivity contribution >= 4 is 17.3 Å². The van der Waals surface area contributed by atoms with Gasteiger partial charge in [-0.05, 0) is 49.8 Å². The molecule has 0 unspecified atom stereocenters. The van der Waals surface area contributed by atoms with Gasteiger partial charge in [-0.3, -0.25) is 4.79 Å². The maximum Gasteiger partial charge on any atom is 0.424 e. The van der Waals surface area contributed by atoms with Gasteiger partial charge >= 0.3 is 12.1 Å². The third kappa shape index (κ3) is 6.34. The van der Waals surface area contributed by atoms with E-state index in [2.05, 4.69) is 4.74 Å². The Balaban J connectivity index is 2.41. The van der Waals surface area contributed by atoms with Crippen molar-refractivity contribution in [2.45, 2.75) is 70.6 Å². The van der Waals surface area contributed by atoms with Crippen LogP contribution in [0.4, 0.5) is 13.2 Å². The van der Waals surface area contributed by atoms with E-state index in [9.17, 15) is 22.8 Å². The third-order valence-corrected chi connectivity index (χ3v) is 4.96. The Morgan fingerprint density at radius 3 is 2.21 bits per heavy atom. The second kappa shape index (κ2) is 10.5. The predicted octanol–water partition coefficient (Wildman–Crippen LogP) is 5.65. The van der Waals surface area contributed by atoms with Gasteiger partial charge in [0.1, 0.15) is 5.75 Å². The van der Waals surface area contributed by atoms with E-state index in [1.54, 1.807) is 12.1 Å². The first-order valence-electron chi connectivity index (χ1n) is 9.98. The molecule has 0 spiro atoms. The summed E-state index contributed by atoms with van der Waals surface area (Å²) in [5.41, 5.74) is -2.19. The minimum atomic E-state index is -5.01. The van der Waals surface area contributed by atoms with Crippen LogP contribution in [-0.2, 0) is 14.3 Å². The number of allylic oxidation sites excluding steroid dienone is 1. The van der Waals surface area contributed by atoms with E-state index in [4.69, 9.17) is 4.74 Å². The van der Waals surface area contributed by atoms with Gasteiger partial charge in [0.25, 0.3) is 0 Å². The summed E-state index contributed by atoms with van der Waals surface area (Å²) < 4.78 is 51.1. The number of ketones is 1. The number of esters is 1. The number of unbranched alkanes of at least 4 members (excludes halogenated alkanes) is 1. The van der Waals surface area contributed by atoms with Crippen LogP contribution in [0.25, 0.3) is 5.57 Å². The Kier molecular flexibility index (Phi) is 8.29. The van der Waals surface area contributed by atoms with Crippen molar-refractivity contribution in [1.29, 1.82) is 0 Å². The molecule has 0 aromatic heterocycles. The van der Waals surface area contributed by atoms with E-state index in [0.717, 1.165) is 32.8 Å². The summed E-state index contributed by atoms with van der Waals surface area (Å²) in [5, 5.41) is 0. The monoisotopic (exact) mass is 412 g/mol. The van der Waals surface area contributed by atoms with Crippen LogP contribution in [0, 0.1) is 0 Å². The summed E-state index contributed by atoms with van der Waals surface area (Å²) in [6.07, 6.45) is 1.34. The molecule has 0 atom stereocenters. The number of rotatable bonds is 8. The van der Waals surface area contributed by atoms with E-state index < -0.39 is 29.1 Å². The average Bonchev–Trinajstić information content (AvgIpc) is 2.70. The third-order valence-electron chi connectivity index (χ3n) is 4.96. The number of benzene rings is 1. The van der Waals surface area contributed by atoms with Crippen LogP contribution in [-0.4, -0.2) is 31.1 Å². The van der Waals surface area contributed by atoms with Gasteiger partial charge in [0.05, 0.1) is 13.2 Å². The molecule has 1 fully saturated rings. The smallest absolute Gasteiger partial charge is 0.424 e. The average molecular weight is 412 g/mol. The number of hydrogen-bond donors (Lipinski definition) is 0. The van der Waals surface area contributed by atoms with Crippen LogP contribution >= 0.6 is 0 Å². The summed E-state index contributed by atoms with van der Waals surface area (Å²) in [6, 6.07) is 5.88. The highest BCUT2D eigenvalue weighted by Gasteiger charge is 2.44. The van der Waals surface area contributed by atoms with E-state index in [1.165, 1.54) is 18.6 Å². The van der Waals surface area contributed by atoms with Gasteiger partial charge in [0, 0.05) is 12.0 Å². The van der Waals surface area contributed by atoms with Gasteiger partial charge in [-0.25, -0.2) is 4.79 Å². The van der Waals surface area contributed by atoms with Crippen molar-refractivity contribution in [3.63, 3.8) is 0 Å². The lowest BCUT2D eigenvalue weighted by Gasteiger charge is -2.23. The predicted molar refractivity (Wildman–Crippen MR) is 103 cm³/mol. The highest BCUT2D eigenvalue weighted by atomic mass is 19.4. The molecule has 0 aliphatic heterocycles. The van der Waals surface area contributed by atoms with E-state index >= 15 is 0 Å². The largest absolute Gasteiger partial charge is 0.490 e. The van der Waals surface area contributed by atoms with Gasteiger partial charge in [-0.1, -0.05) is 31.9 Å². The Bertz CT molecular complexity index is 729. The first-order valence-corrected chi connectivity index (χ1v) is 9.98. The lowest BCUT2D eigenvalue weighted by atomic mass is 9.92. The molecule has 0 heterocycles. The van der Waals surface area contributed by atoms with Crippen LogP contribution in [0.3, 0.4) is 0 Å². The summed E-state index contributed by atoms with van der Waals surface area (Å²) in [4.78, 5) is 24.5. The topological polar surface area (TPSA) is 52.6 Å². The fourth-order valence-electron chi connectivity index (χ4n) is 3.44. The van der Waals surface area contributed by atoms with Crippen molar-refractivity contribution in [3.05, 3.63) is 35.4 Å². The maximum absolute atomic E-state index is 13.6. The quantitative estimate of drug-likeness (QED) is 0.409. The molecule has 0 amide bonds. The molecule has 1 aromatic rings. The van der Waals surface area contributed by atoms with Crippen LogP contribution in [0.5, 0.6) is 5.75 Å². The molecule has 2 rings (SSSR count). The number of alkyl halides is 3. The van der Waals surface area contributed by atoms with Crippen LogP contribution in [0.15, 0.2) is 29.8 Å². The zero-order valence-electron chi connectivity index (χ0n) is 16.8. The van der Waals surface area contributed by atoms with Gasteiger partial charge in [-0.15, -0.1) is 0 Å². The Hall–Kier alpha value is -2.31. The number of hydrogen-bond acceptors (Lipinski definition) is 4. The minimum Gasteiger partial charge on any atom is -0.490 e. The molecule has 0 saturated heterocycles. The fourth-order valence-corrected chi connectivity index (χ4v) is 3.44. The highest BCUT2D eigenvalue weighted by molar-refractivity contribution is 6.26. The van der Waals surface area contributed by atoms with E-state index in [1.807, 2.05) is 6.92 Å². The number of methoxy groups -OCH3 is 1. The molecule has 0 bridgehead atoms. The molecule has 0 N–H and O–H groups in total. The van der Waals surface area contributed by atoms with Crippen molar-refractivity contribution in [2.75, 3.05) is 7.11 Å². The van der Waals surface area contributed by atoms with Crippen molar-refractivity contribution in [2.24, 2.45) is 0 Å². The van der Waals surface area contributed by atoms with Crippen LogP contribution in [0.2, 0.25) is 0 Å². The minimum absolute atomic E-state index is 0.0276. The Labute approximate surface area is 169 Å². The van der Waals surface area contributed by atoms with Gasteiger partial charge in [-0.2, -0.15) is 13.2 Å². The normalized spacial score (nSPS) is 16.2. The van der Waals surface area contributed by atoms with Crippen molar-refractivity contribution in [1.82, 2.24) is 0 Å². The lowest BCUT2D eigenvalue weighted by Crippen LogP contribution is -2.25. The SMILES string of the molecule is CCCCC(=O)C(=C(C(=O)OC)C(F)(F)F)c1ccc(OC2CCCCC2)cc1. The second-order valence-electron chi connectivity index (χ2n) is 7.17. The van der Waals surface area contributed by atoms with Crippen LogP contribution in [0.1, 0.15) is 63.9 Å². The molecule has 160 valence electrons. The van der Waals surface area contributed by atoms with Crippen molar-refractivity contribution < 1.29 is 32.2 Å². The van der Waals surface area contributed by atoms with E-state index in [0.29, 0.717) is 18.6 Å². The Morgan fingerprint density at radius 1 is 1.07 bits per heavy atom. The van der Waals surface area contributed by atoms with Crippen molar-refractivity contribution in [3.8, 4) is 5.75 Å². The summed E-state index contributed by atoms with van der Waals surface area (Å²) in [7, 11) is 0.864. The number of carbonyl (C=O) groups is 2. The molecule has 1 aromatic carbocycles. The number of Topliss-reactive ketones (excluding diaryl/α,β-unsaturated/α-hetero) is 1. The summed E-state index contributed by atoms with van der Waals surface area (Å²) in [6.45, 7) is 1.83. The maximum atomic E-state index is 13.6. The molecule has 1 aliphatic carbocycles. The van der Waals surface area contributed by atoms with Gasteiger partial charge in [0.15, 0.2) is 11.4 Å². The van der Waals surface area contributed by atoms with Crippen LogP contribution < -0.4 is 4.74 Å². The first kappa shape index (κ1) is 23.0. The fraction of sp³-hybridized carbons (Fsp3) is 0.545. The second-order valence-corrected chi connectivity index (χ2v) is 7.17. The molecular formula is C22H27F3O4. The number of ether oxygens (including phenoxy) is 2. The molecular weight excluding hydrogens is 385 g/mol. The molecule has 29 heavy (non-hydrogen) atoms. The molecule has 0 radical (unpaired) electrons. The summed E-state index contributed by atoms with van der Waals surface area (Å²) in [5.74, 6) is -1.77. The molecule has 1 aliphatic rings. The zero-order chi connectivity index (χ0) is 21.4. The van der Waals surface area contributed by atoms with E-state index in [-0.39, 0.29) is 18.1 Å². The lowest BCUT2D eigenvalue weighted by molar-refractivity contribution is -0.148. The Morgan fingerprint density at radius 2 is 1.69 bits per heavy atom. The first-order chi connectivity index (χ1) is 13.8. The molecule has 7 heteroatoms. The molecule has 1 saturated carbocycles.